The number of para-hydroxylation sites is 1. The number of Topliss-reactive ketones (excluding diaryl/α,β-unsaturated/α-hetero) is 1. The molecule has 3 rings (SSSR count). The minimum atomic E-state index is -0.454. The number of carbonyl (C=O) groups is 2. The Hall–Kier alpha value is -3.26. The molecule has 0 spiro atoms. The molecule has 0 aliphatic heterocycles. The van der Waals surface area contributed by atoms with E-state index in [1.54, 1.807) is 49.7 Å². The molecule has 1 amide bonds. The number of carbonyl (C=O) groups excluding carboxylic acids is 2. The molecule has 0 saturated heterocycles. The first kappa shape index (κ1) is 20.5. The van der Waals surface area contributed by atoms with Crippen LogP contribution in [-0.4, -0.2) is 36.7 Å². The lowest BCUT2D eigenvalue weighted by Crippen LogP contribution is -2.24. The third-order valence-corrected chi connectivity index (χ3v) is 5.24. The Bertz CT molecular complexity index is 1030. The normalized spacial score (nSPS) is 11.7. The molecule has 0 aliphatic rings. The minimum absolute atomic E-state index is 0.104. The number of hydrogen-bond donors (Lipinski definition) is 1. The number of benzene rings is 1. The Kier molecular flexibility index (Phi) is 6.56. The molecule has 8 heteroatoms. The van der Waals surface area contributed by atoms with Gasteiger partial charge in [0.2, 0.25) is 5.91 Å². The lowest BCUT2D eigenvalue weighted by molar-refractivity contribution is -0.115. The van der Waals surface area contributed by atoms with E-state index in [-0.39, 0.29) is 11.7 Å². The van der Waals surface area contributed by atoms with Gasteiger partial charge in [-0.1, -0.05) is 30.0 Å². The number of anilines is 1. The number of thioether (sulfide) groups is 1. The van der Waals surface area contributed by atoms with Crippen molar-refractivity contribution in [1.29, 1.82) is 0 Å². The van der Waals surface area contributed by atoms with Crippen molar-refractivity contribution in [2.45, 2.75) is 30.8 Å². The maximum atomic E-state index is 12.7. The topological polar surface area (TPSA) is 89.8 Å². The number of hydrogen-bond acceptors (Lipinski definition) is 6. The number of ketones is 1. The van der Waals surface area contributed by atoms with Gasteiger partial charge in [0.25, 0.3) is 0 Å². The van der Waals surface area contributed by atoms with Crippen LogP contribution in [0.25, 0.3) is 11.4 Å². The Morgan fingerprint density at radius 1 is 1.24 bits per heavy atom. The zero-order valence-electron chi connectivity index (χ0n) is 16.2. The zero-order chi connectivity index (χ0) is 20.8. The summed E-state index contributed by atoms with van der Waals surface area (Å²) in [6.07, 6.45) is 5.16. The third-order valence-electron chi connectivity index (χ3n) is 4.16. The van der Waals surface area contributed by atoms with E-state index in [9.17, 15) is 9.59 Å². The van der Waals surface area contributed by atoms with Crippen LogP contribution in [0.4, 0.5) is 5.69 Å². The maximum absolute atomic E-state index is 12.7. The fourth-order valence-electron chi connectivity index (χ4n) is 2.72. The molecule has 0 saturated carbocycles. The van der Waals surface area contributed by atoms with Gasteiger partial charge in [0.05, 0.1) is 10.9 Å². The Morgan fingerprint density at radius 2 is 2.03 bits per heavy atom. The summed E-state index contributed by atoms with van der Waals surface area (Å²) in [4.78, 5) is 28.6. The number of nitrogens with one attached hydrogen (secondary N) is 1. The van der Waals surface area contributed by atoms with Crippen molar-refractivity contribution < 1.29 is 9.59 Å². The summed E-state index contributed by atoms with van der Waals surface area (Å²) in [6, 6.07) is 10.7. The van der Waals surface area contributed by atoms with Crippen LogP contribution in [0, 0.1) is 0 Å². The number of aromatic nitrogens is 4. The lowest BCUT2D eigenvalue weighted by atomic mass is 10.1. The quantitative estimate of drug-likeness (QED) is 0.347. The molecule has 3 aromatic rings. The third kappa shape index (κ3) is 4.78. The van der Waals surface area contributed by atoms with Crippen molar-refractivity contribution in [2.75, 3.05) is 5.32 Å². The van der Waals surface area contributed by atoms with Crippen molar-refractivity contribution in [3.63, 3.8) is 0 Å². The standard InChI is InChI=1S/C21H21N5O2S/c1-4-12-26-19(16-8-7-11-22-13-16)24-25-21(26)29-15(3)20(28)23-18-10-6-5-9-17(18)14(2)27/h4-11,13,15H,1,12H2,2-3H3,(H,23,28)/t15-/m1/s1. The highest BCUT2D eigenvalue weighted by atomic mass is 32.2. The first-order valence-electron chi connectivity index (χ1n) is 9.03. The smallest absolute Gasteiger partial charge is 0.237 e. The van der Waals surface area contributed by atoms with E-state index in [1.165, 1.54) is 18.7 Å². The fourth-order valence-corrected chi connectivity index (χ4v) is 3.58. The first-order chi connectivity index (χ1) is 14.0. The summed E-state index contributed by atoms with van der Waals surface area (Å²) in [5, 5.41) is 11.5. The molecule has 1 N–H and O–H groups in total. The summed E-state index contributed by atoms with van der Waals surface area (Å²) in [7, 11) is 0. The summed E-state index contributed by atoms with van der Waals surface area (Å²) < 4.78 is 1.89. The Morgan fingerprint density at radius 3 is 2.72 bits per heavy atom. The molecule has 0 unspecified atom stereocenters. The number of pyridine rings is 1. The van der Waals surface area contributed by atoms with E-state index in [2.05, 4.69) is 27.1 Å². The van der Waals surface area contributed by atoms with Crippen LogP contribution in [0.3, 0.4) is 0 Å². The van der Waals surface area contributed by atoms with Crippen molar-refractivity contribution in [1.82, 2.24) is 19.7 Å². The Labute approximate surface area is 173 Å². The van der Waals surface area contributed by atoms with E-state index in [0.29, 0.717) is 28.8 Å². The summed E-state index contributed by atoms with van der Waals surface area (Å²) >= 11 is 1.29. The second-order valence-corrected chi connectivity index (χ2v) is 7.61. The van der Waals surface area contributed by atoms with E-state index in [4.69, 9.17) is 0 Å². The van der Waals surface area contributed by atoms with E-state index in [1.807, 2.05) is 16.7 Å². The van der Waals surface area contributed by atoms with Crippen LogP contribution in [0.15, 0.2) is 66.6 Å². The van der Waals surface area contributed by atoms with Crippen LogP contribution >= 0.6 is 11.8 Å². The molecule has 2 aromatic heterocycles. The van der Waals surface area contributed by atoms with Gasteiger partial charge in [-0.15, -0.1) is 16.8 Å². The molecular formula is C21H21N5O2S. The first-order valence-corrected chi connectivity index (χ1v) is 9.91. The number of allylic oxidation sites excluding steroid dienone is 1. The van der Waals surface area contributed by atoms with E-state index >= 15 is 0 Å². The van der Waals surface area contributed by atoms with Gasteiger partial charge >= 0.3 is 0 Å². The van der Waals surface area contributed by atoms with Crippen LogP contribution in [-0.2, 0) is 11.3 Å². The molecule has 0 aliphatic carbocycles. The highest BCUT2D eigenvalue weighted by Crippen LogP contribution is 2.27. The molecule has 148 valence electrons. The van der Waals surface area contributed by atoms with Crippen LogP contribution in [0.1, 0.15) is 24.2 Å². The van der Waals surface area contributed by atoms with E-state index < -0.39 is 5.25 Å². The number of rotatable bonds is 8. The number of amides is 1. The molecule has 0 radical (unpaired) electrons. The summed E-state index contributed by atoms with van der Waals surface area (Å²) in [6.45, 7) is 7.55. The Balaban J connectivity index is 1.79. The second kappa shape index (κ2) is 9.29. The SMILES string of the molecule is C=CCn1c(S[C@H](C)C(=O)Nc2ccccc2C(C)=O)nnc1-c1cccnc1. The number of nitrogens with zero attached hydrogens (tertiary/aromatic N) is 4. The molecule has 29 heavy (non-hydrogen) atoms. The largest absolute Gasteiger partial charge is 0.324 e. The van der Waals surface area contributed by atoms with E-state index in [0.717, 1.165) is 5.56 Å². The highest BCUT2D eigenvalue weighted by molar-refractivity contribution is 8.00. The molecule has 7 nitrogen and oxygen atoms in total. The molecule has 2 heterocycles. The van der Waals surface area contributed by atoms with Crippen molar-refractivity contribution in [3.8, 4) is 11.4 Å². The van der Waals surface area contributed by atoms with Crippen LogP contribution < -0.4 is 5.32 Å². The van der Waals surface area contributed by atoms with Gasteiger partial charge in [-0.3, -0.25) is 19.1 Å². The zero-order valence-corrected chi connectivity index (χ0v) is 17.0. The van der Waals surface area contributed by atoms with Gasteiger partial charge < -0.3 is 5.32 Å². The lowest BCUT2D eigenvalue weighted by Gasteiger charge is -2.14. The monoisotopic (exact) mass is 407 g/mol. The van der Waals surface area contributed by atoms with Crippen molar-refractivity contribution in [2.24, 2.45) is 0 Å². The highest BCUT2D eigenvalue weighted by Gasteiger charge is 2.21. The average Bonchev–Trinajstić information content (AvgIpc) is 3.11. The average molecular weight is 407 g/mol. The fraction of sp³-hybridized carbons (Fsp3) is 0.190. The van der Waals surface area contributed by atoms with Gasteiger partial charge in [0.1, 0.15) is 0 Å². The molecule has 1 aromatic carbocycles. The van der Waals surface area contributed by atoms with Crippen molar-refractivity contribution >= 4 is 29.1 Å². The molecular weight excluding hydrogens is 386 g/mol. The molecule has 1 atom stereocenters. The summed E-state index contributed by atoms with van der Waals surface area (Å²) in [5.41, 5.74) is 1.81. The minimum Gasteiger partial charge on any atom is -0.324 e. The predicted molar refractivity (Wildman–Crippen MR) is 114 cm³/mol. The van der Waals surface area contributed by atoms with Gasteiger partial charge in [-0.2, -0.15) is 0 Å². The van der Waals surface area contributed by atoms with Crippen LogP contribution in [0.5, 0.6) is 0 Å². The molecule has 0 bridgehead atoms. The van der Waals surface area contributed by atoms with Crippen molar-refractivity contribution in [3.05, 3.63) is 67.0 Å². The van der Waals surface area contributed by atoms with Gasteiger partial charge in [-0.25, -0.2) is 0 Å². The van der Waals surface area contributed by atoms with Crippen LogP contribution in [0.2, 0.25) is 0 Å². The predicted octanol–water partition coefficient (Wildman–Crippen LogP) is 3.85. The van der Waals surface area contributed by atoms with Gasteiger partial charge in [-0.05, 0) is 38.1 Å². The maximum Gasteiger partial charge on any atom is 0.237 e. The molecule has 0 fully saturated rings. The van der Waals surface area contributed by atoms with Gasteiger partial charge in [0, 0.05) is 30.1 Å². The summed E-state index contributed by atoms with van der Waals surface area (Å²) in [5.74, 6) is 0.336. The second-order valence-electron chi connectivity index (χ2n) is 6.30. The van der Waals surface area contributed by atoms with Gasteiger partial charge in [0.15, 0.2) is 16.8 Å².